The van der Waals surface area contributed by atoms with Crippen LogP contribution in [0.25, 0.3) is 10.8 Å². The lowest BCUT2D eigenvalue weighted by Crippen LogP contribution is -2.30. The molecule has 0 fully saturated rings. The molecule has 0 amide bonds. The van der Waals surface area contributed by atoms with Gasteiger partial charge in [0.1, 0.15) is 6.04 Å². The summed E-state index contributed by atoms with van der Waals surface area (Å²) in [6.45, 7) is 0.235. The summed E-state index contributed by atoms with van der Waals surface area (Å²) < 4.78 is 28.0. The van der Waals surface area contributed by atoms with Crippen LogP contribution >= 0.6 is 0 Å². The fourth-order valence-electron chi connectivity index (χ4n) is 2.79. The van der Waals surface area contributed by atoms with Crippen LogP contribution in [0.2, 0.25) is 0 Å². The van der Waals surface area contributed by atoms with Gasteiger partial charge >= 0.3 is 5.97 Å². The lowest BCUT2D eigenvalue weighted by Gasteiger charge is -2.17. The standard InChI is InChI=1S/C18H25N3O4S/c1-21(2)16-10-5-8-14-13(16)7-6-11-17(14)26(24,25)20-12-4-3-9-15(19)18(22)23/h5-8,10-11,15,20H,3-4,9,12,19H2,1-2H3,(H,22,23). The van der Waals surface area contributed by atoms with Crippen molar-refractivity contribution in [1.29, 1.82) is 0 Å². The van der Waals surface area contributed by atoms with E-state index in [0.717, 1.165) is 11.1 Å². The highest BCUT2D eigenvalue weighted by Crippen LogP contribution is 2.30. The maximum Gasteiger partial charge on any atom is 0.320 e. The fraction of sp³-hybridized carbons (Fsp3) is 0.389. The molecule has 0 saturated heterocycles. The molecule has 2 aromatic rings. The molecule has 8 heteroatoms. The Balaban J connectivity index is 2.12. The molecular weight excluding hydrogens is 354 g/mol. The second-order valence-corrected chi connectivity index (χ2v) is 8.10. The number of rotatable bonds is 9. The van der Waals surface area contributed by atoms with E-state index in [2.05, 4.69) is 4.72 Å². The number of unbranched alkanes of at least 4 members (excludes halogenated alkanes) is 1. The Labute approximate surface area is 153 Å². The highest BCUT2D eigenvalue weighted by Gasteiger charge is 2.18. The first kappa shape index (κ1) is 20.2. The van der Waals surface area contributed by atoms with Crippen LogP contribution in [0, 0.1) is 0 Å². The van der Waals surface area contributed by atoms with Crippen molar-refractivity contribution < 1.29 is 18.3 Å². The van der Waals surface area contributed by atoms with E-state index >= 15 is 0 Å². The second kappa shape index (κ2) is 8.48. The molecule has 0 saturated carbocycles. The number of sulfonamides is 1. The number of nitrogens with two attached hydrogens (primary N) is 1. The summed E-state index contributed by atoms with van der Waals surface area (Å²) in [5.41, 5.74) is 6.38. The van der Waals surface area contributed by atoms with Gasteiger partial charge in [0.15, 0.2) is 0 Å². The topological polar surface area (TPSA) is 113 Å². The monoisotopic (exact) mass is 379 g/mol. The third-order valence-corrected chi connectivity index (χ3v) is 5.70. The van der Waals surface area contributed by atoms with Crippen LogP contribution in [0.5, 0.6) is 0 Å². The number of hydrogen-bond donors (Lipinski definition) is 3. The molecule has 4 N–H and O–H groups in total. The van der Waals surface area contributed by atoms with E-state index in [1.165, 1.54) is 0 Å². The summed E-state index contributed by atoms with van der Waals surface area (Å²) >= 11 is 0. The molecule has 0 heterocycles. The quantitative estimate of drug-likeness (QED) is 0.572. The zero-order valence-corrected chi connectivity index (χ0v) is 15.8. The smallest absolute Gasteiger partial charge is 0.320 e. The average Bonchev–Trinajstić information content (AvgIpc) is 2.59. The molecular formula is C18H25N3O4S. The molecule has 1 unspecified atom stereocenters. The van der Waals surface area contributed by atoms with Gasteiger partial charge in [0.25, 0.3) is 0 Å². The Bertz CT molecular complexity index is 881. The van der Waals surface area contributed by atoms with Gasteiger partial charge in [0.2, 0.25) is 10.0 Å². The predicted octanol–water partition coefficient (Wildman–Crippen LogP) is 1.77. The molecule has 1 atom stereocenters. The average molecular weight is 379 g/mol. The Morgan fingerprint density at radius 3 is 2.46 bits per heavy atom. The number of anilines is 1. The summed E-state index contributed by atoms with van der Waals surface area (Å²) in [5.74, 6) is -1.04. The summed E-state index contributed by atoms with van der Waals surface area (Å²) in [6, 6.07) is 9.89. The van der Waals surface area contributed by atoms with Gasteiger partial charge < -0.3 is 15.7 Å². The maximum atomic E-state index is 12.7. The van der Waals surface area contributed by atoms with E-state index in [1.807, 2.05) is 37.2 Å². The molecule has 0 aliphatic rings. The third-order valence-electron chi connectivity index (χ3n) is 4.18. The lowest BCUT2D eigenvalue weighted by atomic mass is 10.1. The molecule has 26 heavy (non-hydrogen) atoms. The minimum atomic E-state index is -3.66. The van der Waals surface area contributed by atoms with Gasteiger partial charge in [-0.1, -0.05) is 30.7 Å². The number of carbonyl (C=O) groups is 1. The Hall–Kier alpha value is -2.16. The molecule has 0 aliphatic carbocycles. The fourth-order valence-corrected chi connectivity index (χ4v) is 4.08. The van der Waals surface area contributed by atoms with Crippen molar-refractivity contribution in [1.82, 2.24) is 4.72 Å². The summed E-state index contributed by atoms with van der Waals surface area (Å²) in [6.07, 6.45) is 1.38. The number of benzene rings is 2. The molecule has 0 spiro atoms. The van der Waals surface area contributed by atoms with E-state index in [-0.39, 0.29) is 11.4 Å². The van der Waals surface area contributed by atoms with Gasteiger partial charge in [-0.15, -0.1) is 0 Å². The first-order chi connectivity index (χ1) is 12.2. The van der Waals surface area contributed by atoms with Crippen LogP contribution in [0.4, 0.5) is 5.69 Å². The molecule has 0 bridgehead atoms. The van der Waals surface area contributed by atoms with E-state index in [0.29, 0.717) is 24.6 Å². The Morgan fingerprint density at radius 2 is 1.81 bits per heavy atom. The number of fused-ring (bicyclic) bond motifs is 1. The number of carboxylic acid groups (broad SMARTS) is 1. The van der Waals surface area contributed by atoms with E-state index in [1.54, 1.807) is 18.2 Å². The van der Waals surface area contributed by atoms with Crippen molar-refractivity contribution in [2.45, 2.75) is 30.2 Å². The van der Waals surface area contributed by atoms with E-state index in [9.17, 15) is 13.2 Å². The van der Waals surface area contributed by atoms with Crippen molar-refractivity contribution in [2.75, 3.05) is 25.5 Å². The second-order valence-electron chi connectivity index (χ2n) is 6.36. The van der Waals surface area contributed by atoms with Gasteiger partial charge in [-0.25, -0.2) is 13.1 Å². The van der Waals surface area contributed by atoms with Crippen molar-refractivity contribution in [3.8, 4) is 0 Å². The first-order valence-electron chi connectivity index (χ1n) is 8.41. The lowest BCUT2D eigenvalue weighted by molar-refractivity contribution is -0.138. The van der Waals surface area contributed by atoms with Crippen molar-refractivity contribution >= 4 is 32.5 Å². The SMILES string of the molecule is CN(C)c1cccc2c(S(=O)(=O)NCCCCC(N)C(=O)O)cccc12. The highest BCUT2D eigenvalue weighted by molar-refractivity contribution is 7.89. The summed E-state index contributed by atoms with van der Waals surface area (Å²) in [5, 5.41) is 10.3. The predicted molar refractivity (Wildman–Crippen MR) is 103 cm³/mol. The van der Waals surface area contributed by atoms with Crippen LogP contribution in [0.3, 0.4) is 0 Å². The van der Waals surface area contributed by atoms with Crippen LogP contribution in [-0.2, 0) is 14.8 Å². The van der Waals surface area contributed by atoms with Gasteiger partial charge in [-0.2, -0.15) is 0 Å². The normalized spacial score (nSPS) is 12.9. The molecule has 2 aromatic carbocycles. The largest absolute Gasteiger partial charge is 0.480 e. The van der Waals surface area contributed by atoms with Crippen molar-refractivity contribution in [3.05, 3.63) is 36.4 Å². The van der Waals surface area contributed by atoms with Crippen LogP contribution in [0.15, 0.2) is 41.3 Å². The van der Waals surface area contributed by atoms with Gasteiger partial charge in [0.05, 0.1) is 4.90 Å². The molecule has 7 nitrogen and oxygen atoms in total. The highest BCUT2D eigenvalue weighted by atomic mass is 32.2. The van der Waals surface area contributed by atoms with Gasteiger partial charge in [-0.05, 0) is 25.0 Å². The Morgan fingerprint density at radius 1 is 1.15 bits per heavy atom. The maximum absolute atomic E-state index is 12.7. The van der Waals surface area contributed by atoms with E-state index in [4.69, 9.17) is 10.8 Å². The number of carboxylic acids is 1. The molecule has 0 radical (unpaired) electrons. The van der Waals surface area contributed by atoms with Crippen LogP contribution in [-0.4, -0.2) is 46.2 Å². The molecule has 0 aromatic heterocycles. The number of nitrogens with zero attached hydrogens (tertiary/aromatic N) is 1. The Kier molecular flexibility index (Phi) is 6.57. The summed E-state index contributed by atoms with van der Waals surface area (Å²) in [7, 11) is 0.163. The van der Waals surface area contributed by atoms with Crippen LogP contribution < -0.4 is 15.4 Å². The number of aliphatic carboxylic acids is 1. The number of hydrogen-bond acceptors (Lipinski definition) is 5. The zero-order chi connectivity index (χ0) is 19.3. The van der Waals surface area contributed by atoms with Crippen LogP contribution in [0.1, 0.15) is 19.3 Å². The molecule has 2 rings (SSSR count). The summed E-state index contributed by atoms with van der Waals surface area (Å²) in [4.78, 5) is 12.8. The number of nitrogens with one attached hydrogen (secondary N) is 1. The van der Waals surface area contributed by atoms with Crippen molar-refractivity contribution in [2.24, 2.45) is 5.73 Å². The minimum absolute atomic E-state index is 0.235. The van der Waals surface area contributed by atoms with Crippen molar-refractivity contribution in [3.63, 3.8) is 0 Å². The minimum Gasteiger partial charge on any atom is -0.480 e. The molecule has 0 aliphatic heterocycles. The molecule has 142 valence electrons. The first-order valence-corrected chi connectivity index (χ1v) is 9.89. The third kappa shape index (κ3) is 4.72. The van der Waals surface area contributed by atoms with E-state index < -0.39 is 22.0 Å². The zero-order valence-electron chi connectivity index (χ0n) is 15.0. The van der Waals surface area contributed by atoms with Gasteiger partial charge in [0, 0.05) is 37.1 Å². The van der Waals surface area contributed by atoms with Gasteiger partial charge in [-0.3, -0.25) is 4.79 Å².